The predicted octanol–water partition coefficient (Wildman–Crippen LogP) is 2.68. The SMILES string of the molecule is C[C@H](/C=C/CCn1cc(CCO)nn1)[C@@]1(O)C(=O)N(Cc2ccc(NC(=O)C3CCCNC3)cc2)c2ccc([N+](=O)[O-])cc21. The van der Waals surface area contributed by atoms with Crippen molar-refractivity contribution in [3.8, 4) is 0 Å². The minimum absolute atomic E-state index is 0.0125. The number of allylic oxidation sites excluding steroid dienone is 1. The molecule has 13 nitrogen and oxygen atoms in total. The van der Waals surface area contributed by atoms with E-state index in [1.165, 1.54) is 23.1 Å². The lowest BCUT2D eigenvalue weighted by Gasteiger charge is -2.27. The molecule has 2 aromatic carbocycles. The molecule has 1 unspecified atom stereocenters. The van der Waals surface area contributed by atoms with Crippen molar-refractivity contribution in [1.29, 1.82) is 0 Å². The third kappa shape index (κ3) is 6.54. The number of carbonyl (C=O) groups is 2. The van der Waals surface area contributed by atoms with Crippen LogP contribution >= 0.6 is 0 Å². The van der Waals surface area contributed by atoms with Gasteiger partial charge in [-0.25, -0.2) is 0 Å². The van der Waals surface area contributed by atoms with E-state index in [0.29, 0.717) is 43.0 Å². The maximum absolute atomic E-state index is 13.9. The molecule has 0 spiro atoms. The van der Waals surface area contributed by atoms with Crippen molar-refractivity contribution in [1.82, 2.24) is 20.3 Å². The van der Waals surface area contributed by atoms with E-state index < -0.39 is 22.3 Å². The number of piperidine rings is 1. The van der Waals surface area contributed by atoms with Crippen molar-refractivity contribution in [2.24, 2.45) is 11.8 Å². The average molecular weight is 604 g/mol. The van der Waals surface area contributed by atoms with Crippen LogP contribution in [0.3, 0.4) is 0 Å². The first-order chi connectivity index (χ1) is 21.2. The number of carbonyl (C=O) groups excluding carboxylic acids is 2. The van der Waals surface area contributed by atoms with Gasteiger partial charge in [-0.3, -0.25) is 24.4 Å². The second-order valence-electron chi connectivity index (χ2n) is 11.3. The highest BCUT2D eigenvalue weighted by molar-refractivity contribution is 6.07. The quantitative estimate of drug-likeness (QED) is 0.138. The molecule has 44 heavy (non-hydrogen) atoms. The van der Waals surface area contributed by atoms with Gasteiger partial charge < -0.3 is 25.7 Å². The zero-order chi connectivity index (χ0) is 31.3. The first kappa shape index (κ1) is 31.0. The van der Waals surface area contributed by atoms with Crippen molar-refractivity contribution in [2.75, 3.05) is 29.9 Å². The molecule has 0 aliphatic carbocycles. The number of aromatic nitrogens is 3. The summed E-state index contributed by atoms with van der Waals surface area (Å²) in [6, 6.07) is 11.3. The summed E-state index contributed by atoms with van der Waals surface area (Å²) < 4.78 is 1.65. The molecule has 1 fully saturated rings. The second kappa shape index (κ2) is 13.5. The van der Waals surface area contributed by atoms with Gasteiger partial charge in [0.15, 0.2) is 5.60 Å². The molecule has 13 heteroatoms. The van der Waals surface area contributed by atoms with Gasteiger partial charge >= 0.3 is 0 Å². The fourth-order valence-electron chi connectivity index (χ4n) is 5.72. The van der Waals surface area contributed by atoms with Crippen LogP contribution in [-0.2, 0) is 34.7 Å². The number of aliphatic hydroxyl groups excluding tert-OH is 1. The molecule has 3 heterocycles. The molecule has 2 aliphatic heterocycles. The normalized spacial score (nSPS) is 20.6. The van der Waals surface area contributed by atoms with Gasteiger partial charge in [-0.05, 0) is 49.6 Å². The molecule has 0 radical (unpaired) electrons. The first-order valence-electron chi connectivity index (χ1n) is 14.8. The summed E-state index contributed by atoms with van der Waals surface area (Å²) in [6.07, 6.45) is 8.08. The molecule has 2 aliphatic rings. The highest BCUT2D eigenvalue weighted by Gasteiger charge is 2.53. The molecular formula is C31H37N7O6. The Labute approximate surface area is 254 Å². The average Bonchev–Trinajstić information content (AvgIpc) is 3.57. The number of benzene rings is 2. The van der Waals surface area contributed by atoms with E-state index in [4.69, 9.17) is 5.11 Å². The minimum Gasteiger partial charge on any atom is -0.396 e. The number of nitro groups is 1. The number of aliphatic hydroxyl groups is 2. The summed E-state index contributed by atoms with van der Waals surface area (Å²) in [7, 11) is 0. The van der Waals surface area contributed by atoms with Crippen LogP contribution in [0.15, 0.2) is 60.8 Å². The van der Waals surface area contributed by atoms with Crippen LogP contribution in [0.2, 0.25) is 0 Å². The Morgan fingerprint density at radius 3 is 2.80 bits per heavy atom. The number of fused-ring (bicyclic) bond motifs is 1. The Hall–Kier alpha value is -4.46. The van der Waals surface area contributed by atoms with Crippen molar-refractivity contribution >= 4 is 28.9 Å². The molecule has 3 aromatic rings. The van der Waals surface area contributed by atoms with Gasteiger partial charge in [-0.2, -0.15) is 0 Å². The number of anilines is 2. The van der Waals surface area contributed by atoms with Gasteiger partial charge in [0.2, 0.25) is 5.91 Å². The van der Waals surface area contributed by atoms with Crippen LogP contribution < -0.4 is 15.5 Å². The third-order valence-corrected chi connectivity index (χ3v) is 8.26. The summed E-state index contributed by atoms with van der Waals surface area (Å²) in [5, 5.41) is 46.8. The lowest BCUT2D eigenvalue weighted by atomic mass is 9.82. The molecule has 1 aromatic heterocycles. The van der Waals surface area contributed by atoms with E-state index in [0.717, 1.165) is 24.9 Å². The highest BCUT2D eigenvalue weighted by atomic mass is 16.6. The van der Waals surface area contributed by atoms with E-state index in [-0.39, 0.29) is 36.2 Å². The first-order valence-corrected chi connectivity index (χ1v) is 14.8. The van der Waals surface area contributed by atoms with Crippen molar-refractivity contribution in [2.45, 2.75) is 51.3 Å². The van der Waals surface area contributed by atoms with Gasteiger partial charge in [0, 0.05) is 61.6 Å². The van der Waals surface area contributed by atoms with Crippen LogP contribution in [0, 0.1) is 22.0 Å². The Morgan fingerprint density at radius 2 is 2.09 bits per heavy atom. The summed E-state index contributed by atoms with van der Waals surface area (Å²) >= 11 is 0. The van der Waals surface area contributed by atoms with Crippen LogP contribution in [0.5, 0.6) is 0 Å². The molecule has 3 atom stereocenters. The van der Waals surface area contributed by atoms with Crippen LogP contribution in [0.1, 0.15) is 43.0 Å². The van der Waals surface area contributed by atoms with E-state index in [9.17, 15) is 24.8 Å². The van der Waals surface area contributed by atoms with Crippen LogP contribution in [0.4, 0.5) is 17.1 Å². The Kier molecular flexibility index (Phi) is 9.47. The van der Waals surface area contributed by atoms with Gasteiger partial charge in [-0.15, -0.1) is 5.10 Å². The minimum atomic E-state index is -2.01. The van der Waals surface area contributed by atoms with E-state index in [1.807, 2.05) is 18.2 Å². The highest BCUT2D eigenvalue weighted by Crippen LogP contribution is 2.47. The molecule has 0 bridgehead atoms. The van der Waals surface area contributed by atoms with Gasteiger partial charge in [0.25, 0.3) is 11.6 Å². The van der Waals surface area contributed by atoms with Gasteiger partial charge in [0.1, 0.15) is 0 Å². The monoisotopic (exact) mass is 603 g/mol. The number of nitrogens with one attached hydrogen (secondary N) is 2. The summed E-state index contributed by atoms with van der Waals surface area (Å²) in [5.41, 5.74) is 0.464. The number of nitro benzene ring substituents is 1. The zero-order valence-corrected chi connectivity index (χ0v) is 24.6. The van der Waals surface area contributed by atoms with E-state index >= 15 is 0 Å². The Balaban J connectivity index is 1.31. The second-order valence-corrected chi connectivity index (χ2v) is 11.3. The maximum Gasteiger partial charge on any atom is 0.269 e. The number of nitrogens with zero attached hydrogens (tertiary/aromatic N) is 5. The van der Waals surface area contributed by atoms with Crippen molar-refractivity contribution in [3.05, 3.63) is 87.7 Å². The molecule has 5 rings (SSSR count). The topological polar surface area (TPSA) is 176 Å². The number of rotatable bonds is 12. The smallest absolute Gasteiger partial charge is 0.269 e. The molecule has 0 saturated carbocycles. The van der Waals surface area contributed by atoms with Crippen molar-refractivity contribution in [3.63, 3.8) is 0 Å². The molecular weight excluding hydrogens is 566 g/mol. The largest absolute Gasteiger partial charge is 0.396 e. The number of amides is 2. The third-order valence-electron chi connectivity index (χ3n) is 8.26. The van der Waals surface area contributed by atoms with Gasteiger partial charge in [-0.1, -0.05) is 36.4 Å². The Morgan fingerprint density at radius 1 is 1.30 bits per heavy atom. The fraction of sp³-hybridized carbons (Fsp3) is 0.419. The Bertz CT molecular complexity index is 1530. The lowest BCUT2D eigenvalue weighted by molar-refractivity contribution is -0.385. The number of hydrogen-bond donors (Lipinski definition) is 4. The molecule has 2 amide bonds. The summed E-state index contributed by atoms with van der Waals surface area (Å²) in [5.74, 6) is -1.38. The van der Waals surface area contributed by atoms with Crippen molar-refractivity contribution < 1.29 is 24.7 Å². The number of aryl methyl sites for hydroxylation is 1. The van der Waals surface area contributed by atoms with Gasteiger partial charge in [0.05, 0.1) is 28.8 Å². The summed E-state index contributed by atoms with van der Waals surface area (Å²) in [6.45, 7) is 3.91. The lowest BCUT2D eigenvalue weighted by Crippen LogP contribution is -2.44. The van der Waals surface area contributed by atoms with E-state index in [2.05, 4.69) is 20.9 Å². The summed E-state index contributed by atoms with van der Waals surface area (Å²) in [4.78, 5) is 39.0. The maximum atomic E-state index is 13.9. The molecule has 232 valence electrons. The molecule has 4 N–H and O–H groups in total. The molecule has 1 saturated heterocycles. The van der Waals surface area contributed by atoms with Crippen LogP contribution in [0.25, 0.3) is 0 Å². The number of hydrogen-bond acceptors (Lipinski definition) is 9. The standard InChI is InChI=1S/C31H37N7O6/c1-21(5-2-3-15-36-20-25(13-16-39)34-35-36)31(42)27-17-26(38(43)44)11-12-28(27)37(30(31)41)19-22-7-9-24(10-8-22)33-29(40)23-6-4-14-32-18-23/h2,5,7-12,17,20-21,23,32,39,42H,3-4,6,13-16,18-19H2,1H3,(H,33,40)/b5-2+/t21-,23?,31+/m1/s1. The van der Waals surface area contributed by atoms with E-state index in [1.54, 1.807) is 36.0 Å². The van der Waals surface area contributed by atoms with Crippen LogP contribution in [-0.4, -0.2) is 61.6 Å². The predicted molar refractivity (Wildman–Crippen MR) is 163 cm³/mol. The number of non-ortho nitro benzene ring substituents is 1. The fourth-order valence-corrected chi connectivity index (χ4v) is 5.72. The zero-order valence-electron chi connectivity index (χ0n) is 24.6.